The van der Waals surface area contributed by atoms with Crippen LogP contribution in [0, 0.1) is 0 Å². The lowest BCUT2D eigenvalue weighted by atomic mass is 10.2. The third-order valence-electron chi connectivity index (χ3n) is 2.61. The van der Waals surface area contributed by atoms with Gasteiger partial charge in [-0.15, -0.1) is 0 Å². The number of hydrogen-bond acceptors (Lipinski definition) is 3. The lowest BCUT2D eigenvalue weighted by Gasteiger charge is -1.99. The summed E-state index contributed by atoms with van der Waals surface area (Å²) in [4.78, 5) is 21.7. The topological polar surface area (TPSA) is 58.6 Å². The number of hydrogen-bond donors (Lipinski definition) is 1. The van der Waals surface area contributed by atoms with Crippen LogP contribution in [0.25, 0.3) is 11.0 Å². The summed E-state index contributed by atoms with van der Waals surface area (Å²) in [6, 6.07) is 15.2. The van der Waals surface area contributed by atoms with Crippen molar-refractivity contribution in [3.8, 4) is 0 Å². The molecule has 144 valence electrons. The number of aryl methyl sites for hydroxylation is 1. The maximum Gasteiger partial charge on any atom is 0.249 e. The summed E-state index contributed by atoms with van der Waals surface area (Å²) < 4.78 is 0. The Morgan fingerprint density at radius 1 is 0.808 bits per heavy atom. The molecule has 3 rings (SSSR count). The van der Waals surface area contributed by atoms with E-state index in [9.17, 15) is 4.79 Å². The molecule has 0 saturated heterocycles. The normalized spacial score (nSPS) is 8.27. The molecule has 4 heteroatoms. The molecule has 26 heavy (non-hydrogen) atoms. The van der Waals surface area contributed by atoms with Crippen LogP contribution in [0.3, 0.4) is 0 Å². The molecule has 3 aromatic rings. The first kappa shape index (κ1) is 25.7. The van der Waals surface area contributed by atoms with Gasteiger partial charge in [-0.05, 0) is 12.5 Å². The summed E-state index contributed by atoms with van der Waals surface area (Å²) in [7, 11) is 0. The van der Waals surface area contributed by atoms with Gasteiger partial charge in [-0.2, -0.15) is 0 Å². The number of rotatable bonds is 1. The van der Waals surface area contributed by atoms with Crippen molar-refractivity contribution >= 4 is 11.0 Å². The lowest BCUT2D eigenvalue weighted by Crippen LogP contribution is -2.05. The van der Waals surface area contributed by atoms with E-state index in [-0.39, 0.29) is 5.56 Å². The Bertz CT molecular complexity index is 682. The zero-order chi connectivity index (χ0) is 20.2. The fourth-order valence-corrected chi connectivity index (χ4v) is 1.69. The van der Waals surface area contributed by atoms with Crippen LogP contribution in [-0.4, -0.2) is 15.0 Å². The van der Waals surface area contributed by atoms with Gasteiger partial charge in [0.2, 0.25) is 5.56 Å². The molecular weight excluding hydrogens is 322 g/mol. The third-order valence-corrected chi connectivity index (χ3v) is 2.61. The minimum Gasteiger partial charge on any atom is -0.306 e. The van der Waals surface area contributed by atoms with Crippen molar-refractivity contribution in [1.82, 2.24) is 15.0 Å². The molecule has 0 aliphatic heterocycles. The zero-order valence-corrected chi connectivity index (χ0v) is 17.4. The van der Waals surface area contributed by atoms with Crippen LogP contribution in [-0.2, 0) is 6.42 Å². The number of aromatic nitrogens is 3. The Morgan fingerprint density at radius 2 is 1.27 bits per heavy atom. The van der Waals surface area contributed by atoms with Crippen LogP contribution in [0.4, 0.5) is 0 Å². The fourth-order valence-electron chi connectivity index (χ4n) is 1.69. The van der Waals surface area contributed by atoms with Crippen molar-refractivity contribution in [3.63, 3.8) is 0 Å². The van der Waals surface area contributed by atoms with Gasteiger partial charge in [0, 0.05) is 11.5 Å². The van der Waals surface area contributed by atoms with E-state index in [1.54, 1.807) is 6.07 Å². The Labute approximate surface area is 158 Å². The second-order valence-corrected chi connectivity index (χ2v) is 4.62. The van der Waals surface area contributed by atoms with Gasteiger partial charge in [-0.25, -0.2) is 9.97 Å². The molecule has 0 aliphatic carbocycles. The predicted molar refractivity (Wildman–Crippen MR) is 115 cm³/mol. The number of nitrogens with one attached hydrogen (secondary N) is 1. The Kier molecular flexibility index (Phi) is 18.7. The van der Waals surface area contributed by atoms with Crippen LogP contribution >= 0.6 is 0 Å². The maximum atomic E-state index is 11.0. The molecule has 0 atom stereocenters. The Hall–Kier alpha value is -2.49. The molecule has 0 amide bonds. The van der Waals surface area contributed by atoms with E-state index >= 15 is 0 Å². The quantitative estimate of drug-likeness (QED) is 0.578. The lowest BCUT2D eigenvalue weighted by molar-refractivity contribution is 1.02. The third kappa shape index (κ3) is 11.1. The maximum absolute atomic E-state index is 11.0. The summed E-state index contributed by atoms with van der Waals surface area (Å²) in [5.41, 5.74) is 1.44. The molecule has 0 unspecified atom stereocenters. The molecule has 1 N–H and O–H groups in total. The van der Waals surface area contributed by atoms with Crippen LogP contribution in [0.15, 0.2) is 59.7 Å². The van der Waals surface area contributed by atoms with Crippen molar-refractivity contribution in [2.75, 3.05) is 0 Å². The molecule has 0 radical (unpaired) electrons. The summed E-state index contributed by atoms with van der Waals surface area (Å²) in [5.74, 6) is 0. The number of benzene rings is 1. The highest BCUT2D eigenvalue weighted by atomic mass is 16.1. The summed E-state index contributed by atoms with van der Waals surface area (Å²) in [6.45, 7) is 14.3. The number of pyridine rings is 1. The fraction of sp³-hybridized carbons (Fsp3) is 0.409. The van der Waals surface area contributed by atoms with Crippen LogP contribution in [0.1, 0.15) is 60.6 Å². The van der Waals surface area contributed by atoms with Gasteiger partial charge >= 0.3 is 0 Å². The van der Waals surface area contributed by atoms with Gasteiger partial charge in [0.15, 0.2) is 0 Å². The molecule has 2 heterocycles. The Morgan fingerprint density at radius 3 is 1.69 bits per heavy atom. The van der Waals surface area contributed by atoms with Crippen molar-refractivity contribution in [2.24, 2.45) is 0 Å². The van der Waals surface area contributed by atoms with E-state index in [2.05, 4.69) is 28.8 Å². The second kappa shape index (κ2) is 18.8. The van der Waals surface area contributed by atoms with E-state index in [4.69, 9.17) is 0 Å². The molecule has 0 saturated carbocycles. The minimum absolute atomic E-state index is 0.131. The van der Waals surface area contributed by atoms with E-state index < -0.39 is 0 Å². The zero-order valence-electron chi connectivity index (χ0n) is 17.4. The van der Waals surface area contributed by atoms with E-state index in [1.807, 2.05) is 71.0 Å². The first-order valence-corrected chi connectivity index (χ1v) is 9.55. The highest BCUT2D eigenvalue weighted by Crippen LogP contribution is 2.09. The van der Waals surface area contributed by atoms with Crippen molar-refractivity contribution in [2.45, 2.75) is 61.3 Å². The summed E-state index contributed by atoms with van der Waals surface area (Å²) in [6.07, 6.45) is 3.56. The van der Waals surface area contributed by atoms with Gasteiger partial charge in [-0.3, -0.25) is 4.79 Å². The van der Waals surface area contributed by atoms with Gasteiger partial charge in [-0.1, -0.05) is 91.3 Å². The van der Waals surface area contributed by atoms with Gasteiger partial charge in [0.05, 0.1) is 5.69 Å². The van der Waals surface area contributed by atoms with Gasteiger partial charge in [0.25, 0.3) is 0 Å². The van der Waals surface area contributed by atoms with Crippen LogP contribution in [0.2, 0.25) is 0 Å². The van der Waals surface area contributed by atoms with Crippen LogP contribution < -0.4 is 5.56 Å². The first-order valence-electron chi connectivity index (χ1n) is 9.55. The molecule has 0 spiro atoms. The van der Waals surface area contributed by atoms with Gasteiger partial charge in [0.1, 0.15) is 12.0 Å². The predicted octanol–water partition coefficient (Wildman–Crippen LogP) is 6.04. The minimum atomic E-state index is -0.131. The van der Waals surface area contributed by atoms with Crippen molar-refractivity contribution < 1.29 is 0 Å². The number of aromatic amines is 1. The standard InChI is InChI=1S/C9H9N3O.C6H6.C3H8.2C2H6/c1-2-7-6-3-4-8(13)12-9(6)11-5-10-7;1-2-4-6-5-3-1;1-3-2;2*1-2/h3-5H,2H2,1H3,(H,10,11,12,13);1-6H;3H2,1-2H3;2*1-2H3. The molecule has 0 fully saturated rings. The molecular formula is C22H35N3O. The summed E-state index contributed by atoms with van der Waals surface area (Å²) >= 11 is 0. The molecule has 0 bridgehead atoms. The Balaban J connectivity index is 0. The second-order valence-electron chi connectivity index (χ2n) is 4.62. The largest absolute Gasteiger partial charge is 0.306 e. The summed E-state index contributed by atoms with van der Waals surface area (Å²) in [5, 5.41) is 0.921. The highest BCUT2D eigenvalue weighted by Gasteiger charge is 2.00. The van der Waals surface area contributed by atoms with E-state index in [0.717, 1.165) is 17.5 Å². The molecule has 2 aromatic heterocycles. The van der Waals surface area contributed by atoms with Gasteiger partial charge < -0.3 is 4.98 Å². The first-order chi connectivity index (χ1) is 12.7. The molecule has 0 aliphatic rings. The molecule has 4 nitrogen and oxygen atoms in total. The smallest absolute Gasteiger partial charge is 0.249 e. The van der Waals surface area contributed by atoms with Crippen molar-refractivity contribution in [3.05, 3.63) is 70.9 Å². The monoisotopic (exact) mass is 357 g/mol. The van der Waals surface area contributed by atoms with Crippen molar-refractivity contribution in [1.29, 1.82) is 0 Å². The SMILES string of the molecule is CC.CC.CCC.CCc1ncnc2[nH]c(=O)ccc12.c1ccccc1. The highest BCUT2D eigenvalue weighted by molar-refractivity contribution is 5.76. The number of H-pyrrole nitrogens is 1. The average molecular weight is 358 g/mol. The molecule has 1 aromatic carbocycles. The number of nitrogens with zero attached hydrogens (tertiary/aromatic N) is 2. The average Bonchev–Trinajstić information content (AvgIpc) is 2.72. The van der Waals surface area contributed by atoms with Crippen LogP contribution in [0.5, 0.6) is 0 Å². The van der Waals surface area contributed by atoms with E-state index in [1.165, 1.54) is 18.8 Å². The van der Waals surface area contributed by atoms with E-state index in [0.29, 0.717) is 5.65 Å². The number of fused-ring (bicyclic) bond motifs is 1.